The second kappa shape index (κ2) is 5.65. The molecule has 1 N–H and O–H groups in total. The van der Waals surface area contributed by atoms with Gasteiger partial charge < -0.3 is 5.32 Å². The first-order valence-electron chi connectivity index (χ1n) is 3.79. The summed E-state index contributed by atoms with van der Waals surface area (Å²) in [6.07, 6.45) is 1.54. The van der Waals surface area contributed by atoms with Gasteiger partial charge >= 0.3 is 0 Å². The maximum atomic E-state index is 3.94. The number of aromatic nitrogens is 2. The number of hydrogen-bond donors (Lipinski definition) is 1. The average Bonchev–Trinajstić information content (AvgIpc) is 2.08. The SMILES string of the molecule is CC.CNc1cc(C)ncn1. The van der Waals surface area contributed by atoms with Gasteiger partial charge in [0.2, 0.25) is 0 Å². The molecule has 1 heterocycles. The number of aryl methyl sites for hydroxylation is 1. The summed E-state index contributed by atoms with van der Waals surface area (Å²) in [4.78, 5) is 7.87. The lowest BCUT2D eigenvalue weighted by molar-refractivity contribution is 1.10. The Bertz CT molecular complexity index is 198. The van der Waals surface area contributed by atoms with Crippen LogP contribution in [0.15, 0.2) is 12.4 Å². The van der Waals surface area contributed by atoms with E-state index in [2.05, 4.69) is 15.3 Å². The molecular weight excluding hydrogens is 138 g/mol. The van der Waals surface area contributed by atoms with Crippen molar-refractivity contribution in [1.29, 1.82) is 0 Å². The van der Waals surface area contributed by atoms with Crippen molar-refractivity contribution in [3.63, 3.8) is 0 Å². The normalized spacial score (nSPS) is 8.00. The first-order chi connectivity index (χ1) is 5.33. The van der Waals surface area contributed by atoms with E-state index in [-0.39, 0.29) is 0 Å². The second-order valence-electron chi connectivity index (χ2n) is 1.79. The molecule has 1 rings (SSSR count). The molecule has 0 aliphatic rings. The largest absolute Gasteiger partial charge is 0.373 e. The van der Waals surface area contributed by atoms with E-state index in [1.165, 1.54) is 0 Å². The zero-order valence-electron chi connectivity index (χ0n) is 7.55. The minimum Gasteiger partial charge on any atom is -0.373 e. The Morgan fingerprint density at radius 3 is 2.27 bits per heavy atom. The lowest BCUT2D eigenvalue weighted by atomic mass is 10.4. The Hall–Kier alpha value is -1.12. The molecule has 0 aliphatic carbocycles. The highest BCUT2D eigenvalue weighted by molar-refractivity contribution is 5.32. The van der Waals surface area contributed by atoms with Crippen LogP contribution in [0.25, 0.3) is 0 Å². The third-order valence-electron chi connectivity index (χ3n) is 1.06. The van der Waals surface area contributed by atoms with Crippen LogP contribution in [0.4, 0.5) is 5.82 Å². The smallest absolute Gasteiger partial charge is 0.129 e. The molecular formula is C8H15N3. The molecule has 3 heteroatoms. The van der Waals surface area contributed by atoms with Gasteiger partial charge in [-0.2, -0.15) is 0 Å². The molecule has 0 unspecified atom stereocenters. The molecule has 0 fully saturated rings. The molecule has 3 nitrogen and oxygen atoms in total. The van der Waals surface area contributed by atoms with Crippen molar-refractivity contribution in [2.45, 2.75) is 20.8 Å². The number of anilines is 1. The molecule has 0 saturated carbocycles. The van der Waals surface area contributed by atoms with E-state index < -0.39 is 0 Å². The van der Waals surface area contributed by atoms with E-state index in [4.69, 9.17) is 0 Å². The van der Waals surface area contributed by atoms with Crippen molar-refractivity contribution in [2.75, 3.05) is 12.4 Å². The third-order valence-corrected chi connectivity index (χ3v) is 1.06. The molecule has 0 atom stereocenters. The quantitative estimate of drug-likeness (QED) is 0.669. The Labute approximate surface area is 67.9 Å². The topological polar surface area (TPSA) is 37.8 Å². The van der Waals surface area contributed by atoms with Crippen LogP contribution in [0.5, 0.6) is 0 Å². The third kappa shape index (κ3) is 3.55. The van der Waals surface area contributed by atoms with E-state index in [0.717, 1.165) is 11.5 Å². The minimum absolute atomic E-state index is 0.863. The van der Waals surface area contributed by atoms with Gasteiger partial charge in [-0.3, -0.25) is 0 Å². The number of nitrogens with zero attached hydrogens (tertiary/aromatic N) is 2. The van der Waals surface area contributed by atoms with Crippen LogP contribution >= 0.6 is 0 Å². The van der Waals surface area contributed by atoms with Gasteiger partial charge in [0, 0.05) is 18.8 Å². The molecule has 0 spiro atoms. The van der Waals surface area contributed by atoms with E-state index in [1.807, 2.05) is 33.9 Å². The summed E-state index contributed by atoms with van der Waals surface area (Å²) in [6.45, 7) is 5.93. The highest BCUT2D eigenvalue weighted by Gasteiger charge is 1.87. The summed E-state index contributed by atoms with van der Waals surface area (Å²) in [6, 6.07) is 1.89. The fourth-order valence-electron chi connectivity index (χ4n) is 0.591. The molecule has 0 aliphatic heterocycles. The zero-order chi connectivity index (χ0) is 8.69. The Kier molecular flexibility index (Phi) is 5.07. The predicted molar refractivity (Wildman–Crippen MR) is 47.7 cm³/mol. The molecule has 62 valence electrons. The van der Waals surface area contributed by atoms with Crippen molar-refractivity contribution in [2.24, 2.45) is 0 Å². The summed E-state index contributed by atoms with van der Waals surface area (Å²) in [5, 5.41) is 2.92. The summed E-state index contributed by atoms with van der Waals surface area (Å²) >= 11 is 0. The summed E-state index contributed by atoms with van der Waals surface area (Å²) in [7, 11) is 1.84. The van der Waals surface area contributed by atoms with Gasteiger partial charge in [-0.1, -0.05) is 13.8 Å². The van der Waals surface area contributed by atoms with Gasteiger partial charge in [-0.25, -0.2) is 9.97 Å². The predicted octanol–water partition coefficient (Wildman–Crippen LogP) is 1.85. The minimum atomic E-state index is 0.863. The van der Waals surface area contributed by atoms with Gasteiger partial charge in [0.15, 0.2) is 0 Å². The van der Waals surface area contributed by atoms with Crippen LogP contribution in [-0.2, 0) is 0 Å². The zero-order valence-corrected chi connectivity index (χ0v) is 7.55. The van der Waals surface area contributed by atoms with Crippen molar-refractivity contribution >= 4 is 5.82 Å². The van der Waals surface area contributed by atoms with Crippen molar-refractivity contribution < 1.29 is 0 Å². The Balaban J connectivity index is 0.000000461. The van der Waals surface area contributed by atoms with Gasteiger partial charge in [0.1, 0.15) is 12.1 Å². The maximum absolute atomic E-state index is 3.94. The van der Waals surface area contributed by atoms with Crippen LogP contribution in [0.3, 0.4) is 0 Å². The van der Waals surface area contributed by atoms with E-state index >= 15 is 0 Å². The molecule has 0 amide bonds. The molecule has 1 aromatic heterocycles. The molecule has 0 radical (unpaired) electrons. The van der Waals surface area contributed by atoms with Crippen molar-refractivity contribution in [1.82, 2.24) is 9.97 Å². The maximum Gasteiger partial charge on any atom is 0.129 e. The number of nitrogens with one attached hydrogen (secondary N) is 1. The summed E-state index contributed by atoms with van der Waals surface area (Å²) in [5.74, 6) is 0.863. The lowest BCUT2D eigenvalue weighted by Crippen LogP contribution is -1.92. The first kappa shape index (κ1) is 9.88. The van der Waals surface area contributed by atoms with E-state index in [9.17, 15) is 0 Å². The highest BCUT2D eigenvalue weighted by atomic mass is 15.0. The molecule has 1 aromatic rings. The van der Waals surface area contributed by atoms with Crippen molar-refractivity contribution in [3.8, 4) is 0 Å². The fourth-order valence-corrected chi connectivity index (χ4v) is 0.591. The lowest BCUT2D eigenvalue weighted by Gasteiger charge is -1.96. The molecule has 0 aromatic carbocycles. The van der Waals surface area contributed by atoms with Gasteiger partial charge in [0.25, 0.3) is 0 Å². The first-order valence-corrected chi connectivity index (χ1v) is 3.79. The highest BCUT2D eigenvalue weighted by Crippen LogP contribution is 1.99. The standard InChI is InChI=1S/C6H9N3.C2H6/c1-5-3-6(7-2)9-4-8-5;1-2/h3-4H,1-2H3,(H,7,8,9);1-2H3. The summed E-state index contributed by atoms with van der Waals surface area (Å²) in [5.41, 5.74) is 0.981. The van der Waals surface area contributed by atoms with Crippen LogP contribution in [-0.4, -0.2) is 17.0 Å². The molecule has 0 saturated heterocycles. The average molecular weight is 153 g/mol. The Morgan fingerprint density at radius 2 is 1.91 bits per heavy atom. The van der Waals surface area contributed by atoms with Crippen LogP contribution in [0.2, 0.25) is 0 Å². The van der Waals surface area contributed by atoms with E-state index in [0.29, 0.717) is 0 Å². The van der Waals surface area contributed by atoms with Crippen LogP contribution in [0.1, 0.15) is 19.5 Å². The van der Waals surface area contributed by atoms with E-state index in [1.54, 1.807) is 6.33 Å². The Morgan fingerprint density at radius 1 is 1.27 bits per heavy atom. The van der Waals surface area contributed by atoms with Crippen LogP contribution in [0, 0.1) is 6.92 Å². The fraction of sp³-hybridized carbons (Fsp3) is 0.500. The van der Waals surface area contributed by atoms with Gasteiger partial charge in [0.05, 0.1) is 0 Å². The van der Waals surface area contributed by atoms with Gasteiger partial charge in [-0.15, -0.1) is 0 Å². The number of hydrogen-bond acceptors (Lipinski definition) is 3. The van der Waals surface area contributed by atoms with Crippen LogP contribution < -0.4 is 5.32 Å². The second-order valence-corrected chi connectivity index (χ2v) is 1.79. The van der Waals surface area contributed by atoms with Crippen molar-refractivity contribution in [3.05, 3.63) is 18.1 Å². The monoisotopic (exact) mass is 153 g/mol. The number of rotatable bonds is 1. The van der Waals surface area contributed by atoms with Gasteiger partial charge in [-0.05, 0) is 6.92 Å². The molecule has 0 bridgehead atoms. The molecule has 11 heavy (non-hydrogen) atoms. The summed E-state index contributed by atoms with van der Waals surface area (Å²) < 4.78 is 0.